The maximum Gasteiger partial charge on any atom is 0.353 e. The molecule has 4 rings (SSSR count). The van der Waals surface area contributed by atoms with E-state index in [0.717, 1.165) is 12.0 Å². The van der Waals surface area contributed by atoms with Crippen molar-refractivity contribution in [3.05, 3.63) is 69.0 Å². The van der Waals surface area contributed by atoms with Gasteiger partial charge in [-0.25, -0.2) is 9.97 Å². The van der Waals surface area contributed by atoms with Crippen LogP contribution in [0.4, 0.5) is 23.0 Å². The molecule has 2 heterocycles. The molecule has 10 heteroatoms. The number of anilines is 3. The first-order valence-electron chi connectivity index (χ1n) is 9.51. The second-order valence-electron chi connectivity index (χ2n) is 6.90. The van der Waals surface area contributed by atoms with E-state index in [9.17, 15) is 10.1 Å². The summed E-state index contributed by atoms with van der Waals surface area (Å²) in [6.07, 6.45) is 2.09. The lowest BCUT2D eigenvalue weighted by Crippen LogP contribution is -2.31. The summed E-state index contributed by atoms with van der Waals surface area (Å²) in [4.78, 5) is 21.8. The number of benzene rings is 2. The molecule has 1 N–H and O–H groups in total. The molecule has 2 aromatic carbocycles. The molecule has 0 aliphatic carbocycles. The molecule has 1 aliphatic heterocycles. The van der Waals surface area contributed by atoms with Crippen LogP contribution in [0, 0.1) is 10.1 Å². The lowest BCUT2D eigenvalue weighted by Gasteiger charge is -2.29. The minimum Gasteiger partial charge on any atom is -0.495 e. The van der Waals surface area contributed by atoms with Crippen LogP contribution < -0.4 is 19.7 Å². The summed E-state index contributed by atoms with van der Waals surface area (Å²) in [5.41, 5.74) is 2.58. The highest BCUT2D eigenvalue weighted by molar-refractivity contribution is 6.32. The van der Waals surface area contributed by atoms with E-state index < -0.39 is 4.92 Å². The normalized spacial score (nSPS) is 12.8. The molecule has 0 radical (unpaired) electrons. The Balaban J connectivity index is 1.73. The summed E-state index contributed by atoms with van der Waals surface area (Å²) in [7, 11) is 2.98. The van der Waals surface area contributed by atoms with Crippen molar-refractivity contribution in [2.24, 2.45) is 0 Å². The van der Waals surface area contributed by atoms with E-state index in [1.54, 1.807) is 12.1 Å². The van der Waals surface area contributed by atoms with Crippen LogP contribution in [0.15, 0.2) is 42.7 Å². The fourth-order valence-corrected chi connectivity index (χ4v) is 3.86. The van der Waals surface area contributed by atoms with Gasteiger partial charge >= 0.3 is 5.69 Å². The highest BCUT2D eigenvalue weighted by Crippen LogP contribution is 2.40. The second-order valence-corrected chi connectivity index (χ2v) is 7.31. The smallest absolute Gasteiger partial charge is 0.353 e. The van der Waals surface area contributed by atoms with Gasteiger partial charge in [0.1, 0.15) is 17.8 Å². The Kier molecular flexibility index (Phi) is 5.77. The first-order chi connectivity index (χ1) is 15.0. The SMILES string of the molecule is COc1cc(OC)c(Nc2ncnc(N3CCc4ccccc4C3)c2[N+](=O)[O-])cc1Cl. The van der Waals surface area contributed by atoms with E-state index in [1.807, 2.05) is 23.1 Å². The molecular weight excluding hydrogens is 422 g/mol. The van der Waals surface area contributed by atoms with Crippen molar-refractivity contribution in [2.45, 2.75) is 13.0 Å². The zero-order chi connectivity index (χ0) is 22.0. The third-order valence-corrected chi connectivity index (χ3v) is 5.44. The van der Waals surface area contributed by atoms with E-state index in [-0.39, 0.29) is 17.3 Å². The van der Waals surface area contributed by atoms with Crippen LogP contribution in [0.1, 0.15) is 11.1 Å². The molecule has 0 atom stereocenters. The number of nitrogens with one attached hydrogen (secondary N) is 1. The first-order valence-corrected chi connectivity index (χ1v) is 9.89. The van der Waals surface area contributed by atoms with Crippen molar-refractivity contribution in [3.8, 4) is 11.5 Å². The van der Waals surface area contributed by atoms with Crippen molar-refractivity contribution in [1.82, 2.24) is 9.97 Å². The van der Waals surface area contributed by atoms with E-state index in [4.69, 9.17) is 21.1 Å². The van der Waals surface area contributed by atoms with Crippen LogP contribution in [0.3, 0.4) is 0 Å². The van der Waals surface area contributed by atoms with Crippen LogP contribution in [0.2, 0.25) is 5.02 Å². The molecule has 0 unspecified atom stereocenters. The number of nitro groups is 1. The molecule has 160 valence electrons. The van der Waals surface area contributed by atoms with Gasteiger partial charge in [0, 0.05) is 19.2 Å². The summed E-state index contributed by atoms with van der Waals surface area (Å²) >= 11 is 6.23. The summed E-state index contributed by atoms with van der Waals surface area (Å²) in [5, 5.41) is 15.3. The van der Waals surface area contributed by atoms with Crippen molar-refractivity contribution in [3.63, 3.8) is 0 Å². The molecule has 0 amide bonds. The van der Waals surface area contributed by atoms with Gasteiger partial charge in [-0.15, -0.1) is 0 Å². The van der Waals surface area contributed by atoms with Crippen molar-refractivity contribution < 1.29 is 14.4 Å². The Morgan fingerprint density at radius 2 is 1.87 bits per heavy atom. The number of fused-ring (bicyclic) bond motifs is 1. The number of rotatable bonds is 6. The number of nitrogens with zero attached hydrogens (tertiary/aromatic N) is 4. The quantitative estimate of drug-likeness (QED) is 0.444. The second kappa shape index (κ2) is 8.65. The predicted octanol–water partition coefficient (Wildman–Crippen LogP) is 4.36. The molecule has 0 saturated heterocycles. The maximum absolute atomic E-state index is 12.0. The molecule has 9 nitrogen and oxygen atoms in total. The summed E-state index contributed by atoms with van der Waals surface area (Å²) in [6.45, 7) is 1.15. The number of hydrogen-bond donors (Lipinski definition) is 1. The molecule has 31 heavy (non-hydrogen) atoms. The average Bonchev–Trinajstić information content (AvgIpc) is 2.78. The van der Waals surface area contributed by atoms with Gasteiger partial charge < -0.3 is 19.7 Å². The molecule has 0 saturated carbocycles. The highest BCUT2D eigenvalue weighted by atomic mass is 35.5. The Labute approximate surface area is 183 Å². The minimum atomic E-state index is -0.476. The Hall–Kier alpha value is -3.59. The van der Waals surface area contributed by atoms with Gasteiger partial charge in [0.2, 0.25) is 11.6 Å². The molecule has 0 bridgehead atoms. The first kappa shape index (κ1) is 20.7. The fourth-order valence-electron chi connectivity index (χ4n) is 3.62. The largest absolute Gasteiger partial charge is 0.495 e. The molecule has 0 spiro atoms. The lowest BCUT2D eigenvalue weighted by molar-refractivity contribution is -0.383. The van der Waals surface area contributed by atoms with E-state index in [1.165, 1.54) is 26.1 Å². The topological polar surface area (TPSA) is 103 Å². The van der Waals surface area contributed by atoms with Gasteiger partial charge in [-0.2, -0.15) is 0 Å². The molecule has 1 aromatic heterocycles. The highest BCUT2D eigenvalue weighted by Gasteiger charge is 2.29. The van der Waals surface area contributed by atoms with Crippen LogP contribution in [0.5, 0.6) is 11.5 Å². The Bertz CT molecular complexity index is 1140. The average molecular weight is 442 g/mol. The summed E-state index contributed by atoms with van der Waals surface area (Å²) < 4.78 is 10.6. The van der Waals surface area contributed by atoms with Crippen molar-refractivity contribution >= 4 is 34.6 Å². The van der Waals surface area contributed by atoms with Crippen LogP contribution in [-0.4, -0.2) is 35.7 Å². The van der Waals surface area contributed by atoms with Gasteiger partial charge in [-0.1, -0.05) is 35.9 Å². The maximum atomic E-state index is 12.0. The Morgan fingerprint density at radius 3 is 2.58 bits per heavy atom. The van der Waals surface area contributed by atoms with Gasteiger partial charge in [0.15, 0.2) is 0 Å². The number of aromatic nitrogens is 2. The molecule has 1 aliphatic rings. The minimum absolute atomic E-state index is 0.0494. The van der Waals surface area contributed by atoms with Crippen LogP contribution >= 0.6 is 11.6 Å². The molecular formula is C21H20ClN5O4. The van der Waals surface area contributed by atoms with E-state index in [0.29, 0.717) is 35.3 Å². The molecule has 3 aromatic rings. The van der Waals surface area contributed by atoms with Gasteiger partial charge in [-0.3, -0.25) is 10.1 Å². The van der Waals surface area contributed by atoms with Gasteiger partial charge in [-0.05, 0) is 23.6 Å². The third-order valence-electron chi connectivity index (χ3n) is 5.14. The van der Waals surface area contributed by atoms with Gasteiger partial charge in [0.05, 0.1) is 29.9 Å². The number of ether oxygens (including phenoxy) is 2. The standard InChI is InChI=1S/C21H20ClN5O4/c1-30-17-10-18(31-2)16(9-15(17)22)25-20-19(27(28)29)21(24-12-23-20)26-8-7-13-5-3-4-6-14(13)11-26/h3-6,9-10,12H,7-8,11H2,1-2H3,(H,23,24,25). The number of methoxy groups -OCH3 is 2. The zero-order valence-corrected chi connectivity index (χ0v) is 17.7. The lowest BCUT2D eigenvalue weighted by atomic mass is 10.00. The van der Waals surface area contributed by atoms with Gasteiger partial charge in [0.25, 0.3) is 0 Å². The van der Waals surface area contributed by atoms with Crippen molar-refractivity contribution in [2.75, 3.05) is 31.0 Å². The van der Waals surface area contributed by atoms with Crippen LogP contribution in [-0.2, 0) is 13.0 Å². The van der Waals surface area contributed by atoms with E-state index >= 15 is 0 Å². The number of hydrogen-bond acceptors (Lipinski definition) is 8. The van der Waals surface area contributed by atoms with Crippen LogP contribution in [0.25, 0.3) is 0 Å². The predicted molar refractivity (Wildman–Crippen MR) is 118 cm³/mol. The monoisotopic (exact) mass is 441 g/mol. The molecule has 0 fully saturated rings. The Morgan fingerprint density at radius 1 is 1.13 bits per heavy atom. The fraction of sp³-hybridized carbons (Fsp3) is 0.238. The number of halogens is 1. The summed E-state index contributed by atoms with van der Waals surface area (Å²) in [5.74, 6) is 1.14. The third kappa shape index (κ3) is 4.04. The summed E-state index contributed by atoms with van der Waals surface area (Å²) in [6, 6.07) is 11.2. The van der Waals surface area contributed by atoms with Crippen molar-refractivity contribution in [1.29, 1.82) is 0 Å². The zero-order valence-electron chi connectivity index (χ0n) is 17.0. The van der Waals surface area contributed by atoms with E-state index in [2.05, 4.69) is 21.4 Å².